The number of amides is 1. The molecule has 42 heavy (non-hydrogen) atoms. The van der Waals surface area contributed by atoms with Gasteiger partial charge in [0.2, 0.25) is 12.7 Å². The van der Waals surface area contributed by atoms with Gasteiger partial charge in [0.1, 0.15) is 11.5 Å². The third-order valence-electron chi connectivity index (χ3n) is 9.05. The van der Waals surface area contributed by atoms with E-state index < -0.39 is 23.4 Å². The third kappa shape index (κ3) is 3.25. The third-order valence-corrected chi connectivity index (χ3v) is 9.05. The summed E-state index contributed by atoms with van der Waals surface area (Å²) in [6.07, 6.45) is 4.00. The van der Waals surface area contributed by atoms with Gasteiger partial charge in [-0.05, 0) is 54.4 Å². The number of fused-ring (bicyclic) bond motifs is 7. The molecule has 1 saturated heterocycles. The number of Topliss-reactive ketones (excluding diaryl/α,β-unsaturated/α-hetero) is 2. The molecule has 0 radical (unpaired) electrons. The Bertz CT molecular complexity index is 1850. The Hall–Kier alpha value is -5.17. The number of carbonyl (C=O) groups is 3. The van der Waals surface area contributed by atoms with Crippen molar-refractivity contribution in [2.24, 2.45) is 5.92 Å². The molecule has 206 valence electrons. The number of rotatable bonds is 4. The summed E-state index contributed by atoms with van der Waals surface area (Å²) in [6, 6.07) is 26.1. The van der Waals surface area contributed by atoms with E-state index >= 15 is 0 Å². The van der Waals surface area contributed by atoms with Crippen molar-refractivity contribution in [3.05, 3.63) is 125 Å². The lowest BCUT2D eigenvalue weighted by Gasteiger charge is -2.37. The second-order valence-electron chi connectivity index (χ2n) is 11.2. The topological polar surface area (TPSA) is 84.9 Å². The highest BCUT2D eigenvalue weighted by Gasteiger charge is 2.70. The van der Waals surface area contributed by atoms with Crippen LogP contribution in [-0.2, 0) is 10.2 Å². The van der Waals surface area contributed by atoms with Crippen LogP contribution >= 0.6 is 0 Å². The van der Waals surface area contributed by atoms with Crippen molar-refractivity contribution in [3.63, 3.8) is 0 Å². The van der Waals surface area contributed by atoms with E-state index in [1.54, 1.807) is 30.3 Å². The second kappa shape index (κ2) is 8.91. The second-order valence-corrected chi connectivity index (χ2v) is 11.2. The highest BCUT2D eigenvalue weighted by molar-refractivity contribution is 6.18. The van der Waals surface area contributed by atoms with Crippen molar-refractivity contribution in [1.29, 1.82) is 0 Å². The van der Waals surface area contributed by atoms with Gasteiger partial charge in [-0.2, -0.15) is 0 Å². The van der Waals surface area contributed by atoms with Gasteiger partial charge in [0.25, 0.3) is 0 Å². The Morgan fingerprint density at radius 2 is 1.64 bits per heavy atom. The molecule has 4 heterocycles. The van der Waals surface area contributed by atoms with Crippen molar-refractivity contribution in [2.75, 3.05) is 17.0 Å². The maximum Gasteiger partial charge on any atom is 0.238 e. The van der Waals surface area contributed by atoms with Crippen LogP contribution in [-0.4, -0.2) is 36.4 Å². The van der Waals surface area contributed by atoms with E-state index in [0.29, 0.717) is 33.9 Å². The van der Waals surface area contributed by atoms with Crippen LogP contribution in [0.5, 0.6) is 11.5 Å². The van der Waals surface area contributed by atoms with Gasteiger partial charge in [-0.15, -0.1) is 0 Å². The zero-order valence-corrected chi connectivity index (χ0v) is 22.7. The number of hydrogen-bond acceptors (Lipinski definition) is 6. The maximum absolute atomic E-state index is 14.9. The van der Waals surface area contributed by atoms with E-state index in [2.05, 4.69) is 11.4 Å². The first-order valence-electron chi connectivity index (χ1n) is 14.0. The molecule has 1 fully saturated rings. The Morgan fingerprint density at radius 3 is 2.50 bits per heavy atom. The smallest absolute Gasteiger partial charge is 0.238 e. The van der Waals surface area contributed by atoms with E-state index in [0.717, 1.165) is 16.8 Å². The first-order valence-corrected chi connectivity index (χ1v) is 14.0. The van der Waals surface area contributed by atoms with E-state index in [4.69, 9.17) is 9.47 Å². The first-order chi connectivity index (χ1) is 20.5. The van der Waals surface area contributed by atoms with E-state index in [9.17, 15) is 14.4 Å². The lowest BCUT2D eigenvalue weighted by Crippen LogP contribution is -2.51. The van der Waals surface area contributed by atoms with E-state index in [1.165, 1.54) is 0 Å². The standard InChI is InChI=1S/C35H26N2O5/c1-20-11-14-26-22(17-20)13-16-29-35(24-9-5-6-10-25(24)36-34(35)40)30(31(37(26)29)33(39)21-7-3-2-4-8-21)32(38)23-12-15-27-28(18-23)42-19-41-27/h2-18,29-31H,19H2,1H3,(H,36,40)/t29-,30-,31+,35-/m1/s1. The zero-order chi connectivity index (χ0) is 28.6. The van der Waals surface area contributed by atoms with Crippen LogP contribution in [0.15, 0.2) is 97.1 Å². The molecule has 4 atom stereocenters. The molecule has 4 aromatic rings. The monoisotopic (exact) mass is 554 g/mol. The highest BCUT2D eigenvalue weighted by Crippen LogP contribution is 2.58. The first kappa shape index (κ1) is 24.6. The van der Waals surface area contributed by atoms with Gasteiger partial charge < -0.3 is 19.7 Å². The molecule has 7 nitrogen and oxygen atoms in total. The van der Waals surface area contributed by atoms with Crippen molar-refractivity contribution >= 4 is 34.9 Å². The molecular formula is C35H26N2O5. The Balaban J connectivity index is 1.42. The van der Waals surface area contributed by atoms with Gasteiger partial charge in [-0.1, -0.05) is 72.3 Å². The number of nitrogens with zero attached hydrogens (tertiary/aromatic N) is 1. The molecule has 1 spiro atoms. The summed E-state index contributed by atoms with van der Waals surface area (Å²) >= 11 is 0. The summed E-state index contributed by atoms with van der Waals surface area (Å²) in [5.74, 6) is -0.828. The summed E-state index contributed by atoms with van der Waals surface area (Å²) < 4.78 is 11.1. The van der Waals surface area contributed by atoms with Gasteiger partial charge in [-0.3, -0.25) is 14.4 Å². The van der Waals surface area contributed by atoms with Crippen molar-refractivity contribution in [3.8, 4) is 11.5 Å². The minimum Gasteiger partial charge on any atom is -0.454 e. The molecule has 0 aromatic heterocycles. The van der Waals surface area contributed by atoms with Crippen LogP contribution in [0.2, 0.25) is 0 Å². The molecular weight excluding hydrogens is 528 g/mol. The van der Waals surface area contributed by atoms with Crippen molar-refractivity contribution in [2.45, 2.75) is 24.4 Å². The summed E-state index contributed by atoms with van der Waals surface area (Å²) in [4.78, 5) is 46.1. The SMILES string of the molecule is Cc1ccc2c(c1)C=C[C@H]1N2[C@H](C(=O)c2ccccc2)[C@H](C(=O)c2ccc3c(c2)OCO3)[C@]12C(=O)Nc1ccccc12. The number of ether oxygens (including phenoxy) is 2. The molecule has 0 aliphatic carbocycles. The normalized spacial score (nSPS) is 24.3. The number of anilines is 2. The van der Waals surface area contributed by atoms with Gasteiger partial charge in [0, 0.05) is 22.5 Å². The van der Waals surface area contributed by atoms with Gasteiger partial charge in [-0.25, -0.2) is 0 Å². The van der Waals surface area contributed by atoms with Crippen LogP contribution < -0.4 is 19.7 Å². The maximum atomic E-state index is 14.9. The lowest BCUT2D eigenvalue weighted by molar-refractivity contribution is -0.121. The van der Waals surface area contributed by atoms with Gasteiger partial charge in [0.05, 0.1) is 12.0 Å². The number of ketones is 2. The minimum atomic E-state index is -1.36. The zero-order valence-electron chi connectivity index (χ0n) is 22.7. The minimum absolute atomic E-state index is 0.0715. The summed E-state index contributed by atoms with van der Waals surface area (Å²) in [6.45, 7) is 2.09. The lowest BCUT2D eigenvalue weighted by atomic mass is 9.64. The molecule has 4 aliphatic heterocycles. The number of para-hydroxylation sites is 1. The Kier molecular flexibility index (Phi) is 5.22. The predicted molar refractivity (Wildman–Crippen MR) is 158 cm³/mol. The van der Waals surface area contributed by atoms with Crippen LogP contribution in [0.1, 0.15) is 37.4 Å². The van der Waals surface area contributed by atoms with Crippen LogP contribution in [0, 0.1) is 12.8 Å². The molecule has 4 aliphatic rings. The van der Waals surface area contributed by atoms with Crippen molar-refractivity contribution < 1.29 is 23.9 Å². The largest absolute Gasteiger partial charge is 0.454 e. The number of nitrogens with one attached hydrogen (secondary N) is 1. The molecule has 8 rings (SSSR count). The van der Waals surface area contributed by atoms with E-state index in [1.807, 2.05) is 78.6 Å². The summed E-state index contributed by atoms with van der Waals surface area (Å²) in [5.41, 5.74) is 3.69. The Morgan fingerprint density at radius 1 is 0.857 bits per heavy atom. The average Bonchev–Trinajstić information content (AvgIpc) is 3.70. The van der Waals surface area contributed by atoms with Gasteiger partial charge in [0.15, 0.2) is 23.1 Å². The fourth-order valence-corrected chi connectivity index (χ4v) is 7.30. The summed E-state index contributed by atoms with van der Waals surface area (Å²) in [7, 11) is 0. The van der Waals surface area contributed by atoms with Crippen molar-refractivity contribution in [1.82, 2.24) is 0 Å². The van der Waals surface area contributed by atoms with Gasteiger partial charge >= 0.3 is 0 Å². The summed E-state index contributed by atoms with van der Waals surface area (Å²) in [5, 5.41) is 3.07. The Labute approximate surface area is 242 Å². The number of carbonyl (C=O) groups excluding carboxylic acids is 3. The van der Waals surface area contributed by atoms with Crippen LogP contribution in [0.25, 0.3) is 6.08 Å². The molecule has 0 saturated carbocycles. The van der Waals surface area contributed by atoms with Crippen LogP contribution in [0.3, 0.4) is 0 Å². The van der Waals surface area contributed by atoms with E-state index in [-0.39, 0.29) is 24.3 Å². The molecule has 0 unspecified atom stereocenters. The molecule has 1 amide bonds. The quantitative estimate of drug-likeness (QED) is 0.332. The molecule has 4 aromatic carbocycles. The van der Waals surface area contributed by atoms with Crippen LogP contribution in [0.4, 0.5) is 11.4 Å². The number of benzene rings is 4. The highest BCUT2D eigenvalue weighted by atomic mass is 16.7. The average molecular weight is 555 g/mol. The predicted octanol–water partition coefficient (Wildman–Crippen LogP) is 5.58. The molecule has 0 bridgehead atoms. The fraction of sp³-hybridized carbons (Fsp3) is 0.171. The number of aryl methyl sites for hydroxylation is 1. The fourth-order valence-electron chi connectivity index (χ4n) is 7.30. The number of hydrogen-bond donors (Lipinski definition) is 1. The molecule has 1 N–H and O–H groups in total. The molecule has 7 heteroatoms.